The van der Waals surface area contributed by atoms with Crippen LogP contribution in [0.4, 0.5) is 4.79 Å². The van der Waals surface area contributed by atoms with E-state index in [4.69, 9.17) is 39.1 Å². The maximum absolute atomic E-state index is 12.3. The summed E-state index contributed by atoms with van der Waals surface area (Å²) in [5.41, 5.74) is 1.56. The highest BCUT2D eigenvalue weighted by Gasteiger charge is 2.34. The van der Waals surface area contributed by atoms with Gasteiger partial charge in [0.05, 0.1) is 28.1 Å². The second kappa shape index (κ2) is 9.94. The van der Waals surface area contributed by atoms with E-state index in [9.17, 15) is 9.59 Å². The van der Waals surface area contributed by atoms with Gasteiger partial charge in [0.2, 0.25) is 0 Å². The Morgan fingerprint density at radius 3 is 2.60 bits per heavy atom. The smallest absolute Gasteiger partial charge is 0.294 e. The number of nitrogens with zero attached hydrogens (tertiary/aromatic N) is 1. The Hall–Kier alpha value is -2.59. The molecule has 3 rings (SSSR count). The molecule has 2 amide bonds. The summed E-state index contributed by atoms with van der Waals surface area (Å²) >= 11 is 12.8. The average molecular weight is 462 g/mol. The van der Waals surface area contributed by atoms with E-state index in [0.29, 0.717) is 38.6 Å². The van der Waals surface area contributed by atoms with Crippen LogP contribution in [0.1, 0.15) is 18.1 Å². The summed E-state index contributed by atoms with van der Waals surface area (Å²) in [5, 5.41) is 0.555. The quantitative estimate of drug-likeness (QED) is 0.394. The average Bonchev–Trinajstić information content (AvgIpc) is 2.98. The molecule has 5 nitrogen and oxygen atoms in total. The Morgan fingerprint density at radius 1 is 1.10 bits per heavy atom. The molecule has 2 aromatic carbocycles. The Balaban J connectivity index is 1.79. The summed E-state index contributed by atoms with van der Waals surface area (Å²) in [6.07, 6.45) is 6.85. The van der Waals surface area contributed by atoms with Crippen molar-refractivity contribution in [3.05, 3.63) is 62.5 Å². The van der Waals surface area contributed by atoms with Crippen LogP contribution in [-0.2, 0) is 11.4 Å². The van der Waals surface area contributed by atoms with Crippen LogP contribution < -0.4 is 9.47 Å². The number of carbonyl (C=O) groups is 2. The molecule has 1 aliphatic rings. The lowest BCUT2D eigenvalue weighted by atomic mass is 10.1. The fourth-order valence-corrected chi connectivity index (χ4v) is 3.83. The lowest BCUT2D eigenvalue weighted by Crippen LogP contribution is -2.28. The Morgan fingerprint density at radius 2 is 1.90 bits per heavy atom. The highest BCUT2D eigenvalue weighted by Crippen LogP contribution is 2.35. The summed E-state index contributed by atoms with van der Waals surface area (Å²) in [7, 11) is 0. The normalized spacial score (nSPS) is 14.9. The van der Waals surface area contributed by atoms with Crippen LogP contribution in [0, 0.1) is 12.3 Å². The van der Waals surface area contributed by atoms with Gasteiger partial charge in [-0.05, 0) is 60.2 Å². The summed E-state index contributed by atoms with van der Waals surface area (Å²) in [4.78, 5) is 25.6. The number of terminal acetylenes is 1. The van der Waals surface area contributed by atoms with Gasteiger partial charge >= 0.3 is 0 Å². The fraction of sp³-hybridized carbons (Fsp3) is 0.182. The molecule has 0 radical (unpaired) electrons. The van der Waals surface area contributed by atoms with Crippen LogP contribution in [0.25, 0.3) is 6.08 Å². The number of thioether (sulfide) groups is 1. The first-order valence-electron chi connectivity index (χ1n) is 8.95. The van der Waals surface area contributed by atoms with E-state index in [2.05, 4.69) is 5.92 Å². The van der Waals surface area contributed by atoms with Gasteiger partial charge in [-0.1, -0.05) is 41.3 Å². The molecular weight excluding hydrogens is 445 g/mol. The first-order chi connectivity index (χ1) is 14.4. The van der Waals surface area contributed by atoms with E-state index in [1.54, 1.807) is 36.4 Å². The summed E-state index contributed by atoms with van der Waals surface area (Å²) in [6, 6.07) is 10.6. The van der Waals surface area contributed by atoms with Crippen molar-refractivity contribution < 1.29 is 19.1 Å². The predicted molar refractivity (Wildman–Crippen MR) is 120 cm³/mol. The molecule has 1 saturated heterocycles. The van der Waals surface area contributed by atoms with Crippen molar-refractivity contribution in [3.8, 4) is 23.8 Å². The monoisotopic (exact) mass is 461 g/mol. The van der Waals surface area contributed by atoms with Crippen LogP contribution in [-0.4, -0.2) is 29.2 Å². The number of carbonyl (C=O) groups excluding carboxylic acids is 2. The molecule has 0 N–H and O–H groups in total. The van der Waals surface area contributed by atoms with Gasteiger partial charge in [0.1, 0.15) is 6.61 Å². The second-order valence-corrected chi connectivity index (χ2v) is 7.96. The summed E-state index contributed by atoms with van der Waals surface area (Å²) in [6.45, 7) is 2.53. The van der Waals surface area contributed by atoms with Crippen LogP contribution in [0.3, 0.4) is 0 Å². The fourth-order valence-electron chi connectivity index (χ4n) is 2.67. The van der Waals surface area contributed by atoms with Gasteiger partial charge in [-0.25, -0.2) is 0 Å². The third-order valence-corrected chi connectivity index (χ3v) is 5.71. The molecule has 30 heavy (non-hydrogen) atoms. The first-order valence-corrected chi connectivity index (χ1v) is 10.5. The molecule has 1 fully saturated rings. The van der Waals surface area contributed by atoms with Crippen LogP contribution in [0.5, 0.6) is 11.5 Å². The summed E-state index contributed by atoms with van der Waals surface area (Å²) < 4.78 is 11.6. The van der Waals surface area contributed by atoms with E-state index in [1.165, 1.54) is 0 Å². The first kappa shape index (κ1) is 22.1. The third kappa shape index (κ3) is 5.11. The molecule has 0 saturated carbocycles. The zero-order valence-electron chi connectivity index (χ0n) is 16.0. The zero-order chi connectivity index (χ0) is 21.7. The van der Waals surface area contributed by atoms with Crippen LogP contribution in [0.2, 0.25) is 10.0 Å². The zero-order valence-corrected chi connectivity index (χ0v) is 18.3. The van der Waals surface area contributed by atoms with E-state index >= 15 is 0 Å². The molecule has 0 spiro atoms. The minimum absolute atomic E-state index is 0.0479. The molecule has 1 heterocycles. The molecule has 0 bridgehead atoms. The number of halogens is 2. The van der Waals surface area contributed by atoms with E-state index in [0.717, 1.165) is 22.2 Å². The highest BCUT2D eigenvalue weighted by molar-refractivity contribution is 8.18. The molecule has 0 aliphatic carbocycles. The molecule has 154 valence electrons. The van der Waals surface area contributed by atoms with Crippen molar-refractivity contribution in [1.29, 1.82) is 0 Å². The van der Waals surface area contributed by atoms with Crippen molar-refractivity contribution >= 4 is 52.2 Å². The molecule has 0 aromatic heterocycles. The van der Waals surface area contributed by atoms with E-state index in [-0.39, 0.29) is 18.4 Å². The van der Waals surface area contributed by atoms with Gasteiger partial charge in [0.25, 0.3) is 11.1 Å². The molecule has 0 atom stereocenters. The SMILES string of the molecule is C#CCN1C(=O)S/C(=C/c2ccc(OCc3ccc(Cl)c(Cl)c3)c(OCC)c2)C1=O. The standard InChI is InChI=1S/C22H17Cl2NO4S/c1-3-9-25-21(26)20(30-22(25)27)12-14-6-8-18(19(11-14)28-4-2)29-13-15-5-7-16(23)17(24)10-15/h1,5-8,10-12H,4,9,13H2,2H3/b20-12+. The van der Waals surface area contributed by atoms with Crippen molar-refractivity contribution in [2.75, 3.05) is 13.2 Å². The van der Waals surface area contributed by atoms with Gasteiger partial charge in [-0.15, -0.1) is 6.42 Å². The van der Waals surface area contributed by atoms with Crippen molar-refractivity contribution in [2.45, 2.75) is 13.5 Å². The van der Waals surface area contributed by atoms with Gasteiger partial charge in [-0.3, -0.25) is 14.5 Å². The number of rotatable bonds is 7. The lowest BCUT2D eigenvalue weighted by molar-refractivity contribution is -0.122. The Labute approximate surface area is 188 Å². The number of hydrogen-bond donors (Lipinski definition) is 0. The number of amides is 2. The van der Waals surface area contributed by atoms with Crippen molar-refractivity contribution in [3.63, 3.8) is 0 Å². The van der Waals surface area contributed by atoms with Crippen LogP contribution >= 0.6 is 35.0 Å². The maximum atomic E-state index is 12.3. The number of imide groups is 1. The summed E-state index contributed by atoms with van der Waals surface area (Å²) in [5.74, 6) is 2.98. The minimum Gasteiger partial charge on any atom is -0.490 e. The second-order valence-electron chi connectivity index (χ2n) is 6.15. The van der Waals surface area contributed by atoms with Gasteiger partial charge < -0.3 is 9.47 Å². The Bertz CT molecular complexity index is 1060. The third-order valence-electron chi connectivity index (χ3n) is 4.07. The molecular formula is C22H17Cl2NO4S. The van der Waals surface area contributed by atoms with Gasteiger partial charge in [0.15, 0.2) is 11.5 Å². The molecule has 1 aliphatic heterocycles. The van der Waals surface area contributed by atoms with E-state index < -0.39 is 5.91 Å². The predicted octanol–water partition coefficient (Wildman–Crippen LogP) is 5.64. The molecule has 0 unspecified atom stereocenters. The number of ether oxygens (including phenoxy) is 2. The van der Waals surface area contributed by atoms with Crippen LogP contribution in [0.15, 0.2) is 41.3 Å². The maximum Gasteiger partial charge on any atom is 0.294 e. The van der Waals surface area contributed by atoms with Gasteiger partial charge in [0, 0.05) is 0 Å². The highest BCUT2D eigenvalue weighted by atomic mass is 35.5. The van der Waals surface area contributed by atoms with E-state index in [1.807, 2.05) is 13.0 Å². The van der Waals surface area contributed by atoms with Gasteiger partial charge in [-0.2, -0.15) is 0 Å². The lowest BCUT2D eigenvalue weighted by Gasteiger charge is -2.13. The molecule has 8 heteroatoms. The number of hydrogen-bond acceptors (Lipinski definition) is 5. The number of benzene rings is 2. The topological polar surface area (TPSA) is 55.8 Å². The van der Waals surface area contributed by atoms with Crippen molar-refractivity contribution in [2.24, 2.45) is 0 Å². The Kier molecular flexibility index (Phi) is 7.33. The largest absolute Gasteiger partial charge is 0.490 e. The minimum atomic E-state index is -0.402. The molecule has 2 aromatic rings. The van der Waals surface area contributed by atoms with Crippen molar-refractivity contribution in [1.82, 2.24) is 4.90 Å².